The van der Waals surface area contributed by atoms with Crippen LogP contribution in [0.3, 0.4) is 0 Å². The average Bonchev–Trinajstić information content (AvgIpc) is 3.26. The molecule has 0 aliphatic heterocycles. The van der Waals surface area contributed by atoms with Crippen LogP contribution in [-0.2, 0) is 13.1 Å². The molecule has 0 bridgehead atoms. The van der Waals surface area contributed by atoms with Crippen molar-refractivity contribution in [2.75, 3.05) is 0 Å². The predicted octanol–water partition coefficient (Wildman–Crippen LogP) is 8.07. The van der Waals surface area contributed by atoms with Crippen molar-refractivity contribution in [3.8, 4) is 0 Å². The van der Waals surface area contributed by atoms with Gasteiger partial charge in [-0.2, -0.15) is 4.57 Å². The second-order valence-corrected chi connectivity index (χ2v) is 12.4. The highest BCUT2D eigenvalue weighted by Crippen LogP contribution is 2.30. The molecule has 1 aromatic heterocycles. The van der Waals surface area contributed by atoms with Gasteiger partial charge in [-0.1, -0.05) is 35.4 Å². The summed E-state index contributed by atoms with van der Waals surface area (Å²) in [4.78, 5) is 6.85. The number of aromatic nitrogens is 2. The van der Waals surface area contributed by atoms with Crippen molar-refractivity contribution in [3.05, 3.63) is 187 Å². The topological polar surface area (TPSA) is 65.5 Å². The van der Waals surface area contributed by atoms with Crippen LogP contribution in [0.1, 0.15) is 11.3 Å². The van der Waals surface area contributed by atoms with E-state index in [-0.39, 0.29) is 6.54 Å². The molecule has 0 saturated carbocycles. The Bertz CT molecular complexity index is 2440. The second kappa shape index (κ2) is 17.6. The van der Waals surface area contributed by atoms with Crippen molar-refractivity contribution in [2.24, 2.45) is 5.11 Å². The van der Waals surface area contributed by atoms with E-state index in [9.17, 15) is 52.7 Å². The number of azide groups is 1. The van der Waals surface area contributed by atoms with E-state index < -0.39 is 144 Å². The molecule has 26 heteroatoms. The van der Waals surface area contributed by atoms with Gasteiger partial charge in [0.1, 0.15) is 58.4 Å². The molecule has 5 aromatic carbocycles. The zero-order chi connectivity index (χ0) is 46.3. The summed E-state index contributed by atoms with van der Waals surface area (Å²) in [5.41, 5.74) is -4.09. The van der Waals surface area contributed by atoms with Gasteiger partial charge in [0.2, 0.25) is 0 Å². The second-order valence-electron chi connectivity index (χ2n) is 12.4. The van der Waals surface area contributed by atoms with Crippen molar-refractivity contribution < 1.29 is 92.4 Å². The minimum atomic E-state index is -7.22. The van der Waals surface area contributed by atoms with Crippen LogP contribution in [-0.4, -0.2) is 11.1 Å². The lowest BCUT2D eigenvalue weighted by Gasteiger charge is -2.44. The van der Waals surface area contributed by atoms with E-state index in [1.165, 1.54) is 5.56 Å². The van der Waals surface area contributed by atoms with Gasteiger partial charge in [-0.05, 0) is 5.53 Å². The zero-order valence-corrected chi connectivity index (χ0v) is 29.4. The van der Waals surface area contributed by atoms with E-state index in [1.54, 1.807) is 6.20 Å². The van der Waals surface area contributed by atoms with Gasteiger partial charge in [0, 0.05) is 10.5 Å². The van der Waals surface area contributed by atoms with E-state index in [4.69, 9.17) is 5.53 Å². The Morgan fingerprint density at radius 1 is 0.452 bits per heavy atom. The Morgan fingerprint density at radius 2 is 0.742 bits per heavy atom. The first-order chi connectivity index (χ1) is 29.1. The minimum absolute atomic E-state index is 0.284. The normalized spacial score (nSPS) is 11.4. The lowest BCUT2D eigenvalue weighted by Crippen LogP contribution is -2.81. The third-order valence-electron chi connectivity index (χ3n) is 9.02. The Balaban J connectivity index is 0.000000355. The molecule has 6 rings (SSSR count). The quantitative estimate of drug-likeness (QED) is 0.0223. The van der Waals surface area contributed by atoms with E-state index in [1.807, 2.05) is 35.2 Å². The molecule has 0 saturated heterocycles. The highest BCUT2D eigenvalue weighted by Gasteiger charge is 2.52. The molecule has 0 spiro atoms. The van der Waals surface area contributed by atoms with Gasteiger partial charge in [-0.25, -0.2) is 92.8 Å². The van der Waals surface area contributed by atoms with Gasteiger partial charge in [0.15, 0.2) is 88.7 Å². The molecule has 1 heterocycles. The minimum Gasteiger partial charge on any atom is -0.249 e. The molecule has 0 radical (unpaired) electrons. The van der Waals surface area contributed by atoms with Gasteiger partial charge < -0.3 is 0 Å². The Morgan fingerprint density at radius 3 is 1.03 bits per heavy atom. The number of hydrogen-bond acceptors (Lipinski definition) is 2. The van der Waals surface area contributed by atoms with Crippen LogP contribution in [0.25, 0.3) is 10.4 Å². The Hall–Kier alpha value is -6.85. The monoisotopic (exact) mass is 905 g/mol. The number of hydrogen-bond donors (Lipinski definition) is 0. The van der Waals surface area contributed by atoms with Crippen LogP contribution in [0.15, 0.2) is 54.0 Å². The van der Waals surface area contributed by atoms with Crippen molar-refractivity contribution in [1.82, 2.24) is 4.98 Å². The first kappa shape index (κ1) is 46.2. The van der Waals surface area contributed by atoms with Gasteiger partial charge >= 0.3 is 0 Å². The SMILES string of the molecule is Fc1c(F)c(F)c([B-](c2c(F)c(F)c(F)c(F)c2F)(c2c(F)c(F)c(F)c(F)c2F)c2c(F)c(F)c(F)c(F)c2F)c(F)c1F.[N-]=[N+]=NCc1c[n+](Cc2ccccc2)ccn1. The molecule has 0 unspecified atom stereocenters. The van der Waals surface area contributed by atoms with Crippen molar-refractivity contribution in [1.29, 1.82) is 0 Å². The van der Waals surface area contributed by atoms with Crippen molar-refractivity contribution in [3.63, 3.8) is 0 Å². The largest absolute Gasteiger partial charge is 0.249 e. The fourth-order valence-corrected chi connectivity index (χ4v) is 6.44. The zero-order valence-electron chi connectivity index (χ0n) is 29.4. The van der Waals surface area contributed by atoms with Gasteiger partial charge in [-0.3, -0.25) is 0 Å². The summed E-state index contributed by atoms with van der Waals surface area (Å²) in [7, 11) is 0. The number of benzene rings is 5. The summed E-state index contributed by atoms with van der Waals surface area (Å²) in [5, 5.41) is 3.49. The average molecular weight is 905 g/mol. The summed E-state index contributed by atoms with van der Waals surface area (Å²) < 4.78 is 296. The van der Waals surface area contributed by atoms with Crippen LogP contribution >= 0.6 is 0 Å². The van der Waals surface area contributed by atoms with Crippen molar-refractivity contribution in [2.45, 2.75) is 13.1 Å². The lowest BCUT2D eigenvalue weighted by molar-refractivity contribution is -0.689. The number of rotatable bonds is 8. The van der Waals surface area contributed by atoms with E-state index in [2.05, 4.69) is 27.1 Å². The van der Waals surface area contributed by atoms with Crippen LogP contribution in [0, 0.1) is 116 Å². The summed E-state index contributed by atoms with van der Waals surface area (Å²) in [6.07, 6.45) is -1.72. The van der Waals surface area contributed by atoms with Gasteiger partial charge in [0.05, 0.1) is 12.7 Å². The van der Waals surface area contributed by atoms with E-state index >= 15 is 35.1 Å². The maximum Gasteiger partial charge on any atom is 0.200 e. The highest BCUT2D eigenvalue weighted by molar-refractivity contribution is 7.20. The number of halogens is 20. The smallest absolute Gasteiger partial charge is 0.200 e. The maximum atomic E-state index is 15.4. The third kappa shape index (κ3) is 7.47. The first-order valence-electron chi connectivity index (χ1n) is 16.2. The third-order valence-corrected chi connectivity index (χ3v) is 9.02. The predicted molar refractivity (Wildman–Crippen MR) is 172 cm³/mol. The molecule has 6 aromatic rings. The molecular weight excluding hydrogens is 893 g/mol. The standard InChI is InChI=1S/C24BF20.C12H12N5/c26-5-1(6(27)14(35)21(42)13(5)34)25(2-7(28)15(36)22(43)16(37)8(2)29,3-9(30)17(38)23(44)18(39)10(3)31)4-11(32)19(40)24(45)20(41)12(4)33;13-16-15-8-12-10-17(7-6-14-12)9-11-4-2-1-3-5-11/h;1-7,10H,8-9H2/q-1;+1. The van der Waals surface area contributed by atoms with Gasteiger partial charge in [0.25, 0.3) is 0 Å². The fraction of sp³-hybridized carbons (Fsp3) is 0.0556. The molecule has 62 heavy (non-hydrogen) atoms. The molecule has 0 fully saturated rings. The molecular formula is C36H12BF20N5. The molecule has 0 aliphatic carbocycles. The summed E-state index contributed by atoms with van der Waals surface area (Å²) >= 11 is 0. The molecule has 0 amide bonds. The summed E-state index contributed by atoms with van der Waals surface area (Å²) in [6.45, 7) is 1.07. The van der Waals surface area contributed by atoms with Gasteiger partial charge in [-0.15, -0.1) is 21.9 Å². The molecule has 5 nitrogen and oxygen atoms in total. The first-order valence-corrected chi connectivity index (χ1v) is 16.2. The van der Waals surface area contributed by atoms with Crippen LogP contribution < -0.4 is 26.4 Å². The van der Waals surface area contributed by atoms with Crippen molar-refractivity contribution >= 4 is 28.0 Å². The Labute approximate surface area is 330 Å². The molecule has 324 valence electrons. The van der Waals surface area contributed by atoms with Crippen LogP contribution in [0.4, 0.5) is 87.8 Å². The highest BCUT2D eigenvalue weighted by atomic mass is 19.2. The van der Waals surface area contributed by atoms with Crippen LogP contribution in [0.2, 0.25) is 0 Å². The summed E-state index contributed by atoms with van der Waals surface area (Å²) in [6, 6.07) is 10.2. The Kier molecular flexibility index (Phi) is 13.1. The maximum absolute atomic E-state index is 15.4. The molecule has 0 atom stereocenters. The molecule has 0 N–H and O–H groups in total. The lowest BCUT2D eigenvalue weighted by atomic mass is 9.12. The number of nitrogens with zero attached hydrogens (tertiary/aromatic N) is 5. The summed E-state index contributed by atoms with van der Waals surface area (Å²) in [5.74, 6) is -71.4. The van der Waals surface area contributed by atoms with E-state index in [0.29, 0.717) is 0 Å². The van der Waals surface area contributed by atoms with Crippen LogP contribution in [0.5, 0.6) is 0 Å². The fourth-order valence-electron chi connectivity index (χ4n) is 6.44. The molecule has 0 aliphatic rings. The van der Waals surface area contributed by atoms with E-state index in [0.717, 1.165) is 12.2 Å².